The van der Waals surface area contributed by atoms with Gasteiger partial charge in [0, 0.05) is 22.2 Å². The van der Waals surface area contributed by atoms with Crippen LogP contribution >= 0.6 is 11.6 Å². The number of hydrogen-bond donors (Lipinski definition) is 1. The van der Waals surface area contributed by atoms with Gasteiger partial charge in [0.2, 0.25) is 0 Å². The minimum atomic E-state index is -4.83. The summed E-state index contributed by atoms with van der Waals surface area (Å²) in [6, 6.07) is 3.92. The number of ether oxygens (including phenoxy) is 1. The van der Waals surface area contributed by atoms with Crippen molar-refractivity contribution in [2.24, 2.45) is 5.92 Å². The number of fused-ring (bicyclic) bond motifs is 1. The normalized spacial score (nSPS) is 26.7. The van der Waals surface area contributed by atoms with Gasteiger partial charge in [0.25, 0.3) is 11.5 Å². The lowest BCUT2D eigenvalue weighted by molar-refractivity contribution is -0.268. The summed E-state index contributed by atoms with van der Waals surface area (Å²) < 4.78 is 47.6. The molecule has 1 aromatic rings. The van der Waals surface area contributed by atoms with Gasteiger partial charge in [0.15, 0.2) is 0 Å². The first-order valence-electron chi connectivity index (χ1n) is 7.65. The zero-order valence-corrected chi connectivity index (χ0v) is 13.6. The summed E-state index contributed by atoms with van der Waals surface area (Å²) in [6.45, 7) is 1.59. The van der Waals surface area contributed by atoms with Gasteiger partial charge < -0.3 is 10.1 Å². The molecule has 24 heavy (non-hydrogen) atoms. The van der Waals surface area contributed by atoms with Crippen molar-refractivity contribution in [2.45, 2.75) is 44.1 Å². The van der Waals surface area contributed by atoms with Gasteiger partial charge in [-0.2, -0.15) is 13.2 Å². The molecule has 0 spiro atoms. The first-order chi connectivity index (χ1) is 11.3. The van der Waals surface area contributed by atoms with Gasteiger partial charge in [-0.05, 0) is 37.5 Å². The van der Waals surface area contributed by atoms with Crippen LogP contribution in [-0.4, -0.2) is 18.2 Å². The Morgan fingerprint density at radius 2 is 2.12 bits per heavy atom. The minimum absolute atomic E-state index is 0.0165. The highest BCUT2D eigenvalue weighted by molar-refractivity contribution is 6.30. The molecule has 1 aromatic carbocycles. The summed E-state index contributed by atoms with van der Waals surface area (Å²) in [6.07, 6.45) is -4.44. The van der Waals surface area contributed by atoms with Crippen LogP contribution in [0.4, 0.5) is 18.9 Å². The molecule has 0 unspecified atom stereocenters. The quantitative estimate of drug-likeness (QED) is 0.763. The summed E-state index contributed by atoms with van der Waals surface area (Å²) >= 11 is 5.91. The van der Waals surface area contributed by atoms with Crippen LogP contribution in [0.2, 0.25) is 5.02 Å². The van der Waals surface area contributed by atoms with Gasteiger partial charge in [0.1, 0.15) is 6.10 Å². The average Bonchev–Trinajstić information content (AvgIpc) is 3.32. The third kappa shape index (κ3) is 2.99. The van der Waals surface area contributed by atoms with Gasteiger partial charge in [-0.25, -0.2) is 0 Å². The van der Waals surface area contributed by atoms with Crippen LogP contribution in [-0.2, 0) is 15.1 Å². The Labute approximate surface area is 142 Å². The Morgan fingerprint density at radius 3 is 2.71 bits per heavy atom. The van der Waals surface area contributed by atoms with Crippen molar-refractivity contribution in [1.29, 1.82) is 0 Å². The maximum atomic E-state index is 14.1. The molecule has 3 nitrogen and oxygen atoms in total. The molecule has 1 fully saturated rings. The molecule has 1 heterocycles. The molecule has 0 radical (unpaired) electrons. The fourth-order valence-electron chi connectivity index (χ4n) is 2.55. The monoisotopic (exact) mass is 357 g/mol. The Balaban J connectivity index is 2.25. The van der Waals surface area contributed by atoms with Gasteiger partial charge in [-0.3, -0.25) is 4.79 Å². The Kier molecular flexibility index (Phi) is 4.27. The number of hydrogen-bond acceptors (Lipinski definition) is 2. The molecule has 1 aliphatic carbocycles. The second-order valence-electron chi connectivity index (χ2n) is 5.92. The van der Waals surface area contributed by atoms with Gasteiger partial charge in [-0.15, -0.1) is 0 Å². The molecule has 7 heteroatoms. The summed E-state index contributed by atoms with van der Waals surface area (Å²) in [5, 5.41) is 2.60. The van der Waals surface area contributed by atoms with Crippen LogP contribution < -0.4 is 5.32 Å². The Bertz CT molecular complexity index is 734. The molecular weight excluding hydrogens is 343 g/mol. The van der Waals surface area contributed by atoms with E-state index in [0.29, 0.717) is 0 Å². The van der Waals surface area contributed by atoms with Crippen molar-refractivity contribution in [3.63, 3.8) is 0 Å². The van der Waals surface area contributed by atoms with E-state index in [4.69, 9.17) is 16.3 Å². The number of rotatable bonds is 1. The van der Waals surface area contributed by atoms with Crippen LogP contribution in [0.25, 0.3) is 0 Å². The lowest BCUT2D eigenvalue weighted by Crippen LogP contribution is -2.46. The van der Waals surface area contributed by atoms with Crippen molar-refractivity contribution in [1.82, 2.24) is 0 Å². The van der Waals surface area contributed by atoms with Gasteiger partial charge in [0.05, 0.1) is 0 Å². The predicted molar refractivity (Wildman–Crippen MR) is 83.5 cm³/mol. The molecule has 1 saturated carbocycles. The maximum Gasteiger partial charge on any atom is 0.433 e. The van der Waals surface area contributed by atoms with Crippen LogP contribution in [0.15, 0.2) is 18.2 Å². The highest BCUT2D eigenvalue weighted by atomic mass is 35.5. The SMILES string of the molecule is CC[C@H]1O[C@](C#CC2CC2)(C(F)(F)F)c2cc(Cl)ccc2NC1=O. The number of carbonyl (C=O) groups is 1. The predicted octanol–water partition coefficient (Wildman–Crippen LogP) is 4.26. The lowest BCUT2D eigenvalue weighted by Gasteiger charge is -2.32. The standard InChI is InChI=1S/C17H15ClF3NO2/c1-2-14-15(23)22-13-6-5-11(18)9-12(13)16(24-14,17(19,20)21)8-7-10-3-4-10/h5-6,9-10,14H,2-4H2,1H3,(H,22,23)/t14-,16+/m1/s1. The summed E-state index contributed by atoms with van der Waals surface area (Å²) in [4.78, 5) is 12.2. The topological polar surface area (TPSA) is 38.3 Å². The van der Waals surface area contributed by atoms with Crippen molar-refractivity contribution >= 4 is 23.2 Å². The highest BCUT2D eigenvalue weighted by Crippen LogP contribution is 2.48. The lowest BCUT2D eigenvalue weighted by atomic mass is 9.91. The molecule has 3 rings (SSSR count). The van der Waals surface area contributed by atoms with Crippen LogP contribution in [0.5, 0.6) is 0 Å². The van der Waals surface area contributed by atoms with E-state index in [1.54, 1.807) is 6.92 Å². The second kappa shape index (κ2) is 5.98. The van der Waals surface area contributed by atoms with Crippen molar-refractivity contribution < 1.29 is 22.7 Å². The zero-order valence-electron chi connectivity index (χ0n) is 12.8. The molecule has 128 valence electrons. The number of anilines is 1. The third-order valence-corrected chi connectivity index (χ3v) is 4.27. The number of alkyl halides is 3. The summed E-state index contributed by atoms with van der Waals surface area (Å²) in [5.74, 6) is 4.26. The Morgan fingerprint density at radius 1 is 1.42 bits per heavy atom. The van der Waals surface area contributed by atoms with Crippen molar-refractivity contribution in [3.8, 4) is 11.8 Å². The van der Waals surface area contributed by atoms with Crippen molar-refractivity contribution in [3.05, 3.63) is 28.8 Å². The first kappa shape index (κ1) is 17.1. The largest absolute Gasteiger partial charge is 0.433 e. The first-order valence-corrected chi connectivity index (χ1v) is 8.03. The fourth-order valence-corrected chi connectivity index (χ4v) is 2.72. The second-order valence-corrected chi connectivity index (χ2v) is 6.35. The zero-order chi connectivity index (χ0) is 17.5. The van der Waals surface area contributed by atoms with E-state index in [9.17, 15) is 18.0 Å². The molecule has 1 amide bonds. The molecule has 0 aromatic heterocycles. The Hall–Kier alpha value is -1.71. The number of amides is 1. The number of nitrogens with one attached hydrogen (secondary N) is 1. The van der Waals surface area contributed by atoms with Gasteiger partial charge >= 0.3 is 6.18 Å². The molecule has 2 atom stereocenters. The maximum absolute atomic E-state index is 14.1. The molecule has 0 bridgehead atoms. The smallest absolute Gasteiger partial charge is 0.337 e. The van der Waals surface area contributed by atoms with Crippen molar-refractivity contribution in [2.75, 3.05) is 5.32 Å². The van der Waals surface area contributed by atoms with Crippen LogP contribution in [0.1, 0.15) is 31.7 Å². The van der Waals surface area contributed by atoms with Gasteiger partial charge in [-0.1, -0.05) is 30.4 Å². The minimum Gasteiger partial charge on any atom is -0.337 e. The van der Waals surface area contributed by atoms with Crippen LogP contribution in [0, 0.1) is 17.8 Å². The number of carbonyl (C=O) groups excluding carboxylic acids is 1. The molecule has 1 N–H and O–H groups in total. The molecule has 2 aliphatic rings. The summed E-state index contributed by atoms with van der Waals surface area (Å²) in [5.41, 5.74) is -3.14. The van der Waals surface area contributed by atoms with E-state index < -0.39 is 23.8 Å². The van der Waals surface area contributed by atoms with E-state index >= 15 is 0 Å². The number of benzene rings is 1. The van der Waals surface area contributed by atoms with E-state index in [2.05, 4.69) is 17.2 Å². The fraction of sp³-hybridized carbons (Fsp3) is 0.471. The average molecular weight is 358 g/mol. The van der Waals surface area contributed by atoms with E-state index in [1.807, 2.05) is 0 Å². The van der Waals surface area contributed by atoms with E-state index in [0.717, 1.165) is 18.9 Å². The molecule has 0 saturated heterocycles. The van der Waals surface area contributed by atoms with E-state index in [-0.39, 0.29) is 28.6 Å². The highest BCUT2D eigenvalue weighted by Gasteiger charge is 2.60. The summed E-state index contributed by atoms with van der Waals surface area (Å²) in [7, 11) is 0. The number of halogens is 4. The third-order valence-electron chi connectivity index (χ3n) is 4.03. The molecule has 1 aliphatic heterocycles. The van der Waals surface area contributed by atoms with E-state index in [1.165, 1.54) is 12.1 Å². The molecular formula is C17H15ClF3NO2. The van der Waals surface area contributed by atoms with Crippen LogP contribution in [0.3, 0.4) is 0 Å².